The maximum atomic E-state index is 12.5. The Morgan fingerprint density at radius 3 is 2.79 bits per heavy atom. The zero-order valence-corrected chi connectivity index (χ0v) is 17.6. The topological polar surface area (TPSA) is 77.2 Å². The lowest BCUT2D eigenvalue weighted by molar-refractivity contribution is -0.128. The van der Waals surface area contributed by atoms with Gasteiger partial charge < -0.3 is 14.6 Å². The molecule has 0 aliphatic rings. The molecular formula is C21H22BrN3O3. The van der Waals surface area contributed by atoms with Crippen molar-refractivity contribution >= 4 is 21.8 Å². The van der Waals surface area contributed by atoms with Gasteiger partial charge in [0.2, 0.25) is 11.7 Å². The van der Waals surface area contributed by atoms with E-state index in [1.165, 1.54) is 0 Å². The van der Waals surface area contributed by atoms with Gasteiger partial charge in [-0.3, -0.25) is 4.79 Å². The molecule has 0 saturated carbocycles. The van der Waals surface area contributed by atoms with Crippen LogP contribution in [0.4, 0.5) is 0 Å². The second kappa shape index (κ2) is 9.01. The second-order valence-corrected chi connectivity index (χ2v) is 7.44. The van der Waals surface area contributed by atoms with E-state index >= 15 is 0 Å². The van der Waals surface area contributed by atoms with E-state index in [-0.39, 0.29) is 12.5 Å². The molecule has 28 heavy (non-hydrogen) atoms. The number of rotatable bonds is 7. The number of hydrogen-bond donors (Lipinski definition) is 1. The van der Waals surface area contributed by atoms with E-state index in [9.17, 15) is 4.79 Å². The zero-order chi connectivity index (χ0) is 20.1. The second-order valence-electron chi connectivity index (χ2n) is 6.52. The monoisotopic (exact) mass is 443 g/mol. The molecular weight excluding hydrogens is 422 g/mol. The number of carbonyl (C=O) groups excluding carboxylic acids is 1. The van der Waals surface area contributed by atoms with Crippen molar-refractivity contribution in [3.8, 4) is 17.1 Å². The number of nitrogens with zero attached hydrogens (tertiary/aromatic N) is 2. The lowest BCUT2D eigenvalue weighted by Crippen LogP contribution is -2.37. The smallest absolute Gasteiger partial charge is 0.261 e. The molecule has 0 saturated heterocycles. The molecule has 3 aromatic rings. The first-order chi connectivity index (χ1) is 13.5. The Balaban J connectivity index is 1.61. The van der Waals surface area contributed by atoms with Gasteiger partial charge in [-0.05, 0) is 44.0 Å². The Labute approximate surface area is 172 Å². The molecule has 0 aliphatic carbocycles. The Morgan fingerprint density at radius 2 is 2.07 bits per heavy atom. The fourth-order valence-electron chi connectivity index (χ4n) is 2.76. The van der Waals surface area contributed by atoms with Gasteiger partial charge in [0.05, 0.1) is 6.54 Å². The third-order valence-electron chi connectivity index (χ3n) is 4.23. The van der Waals surface area contributed by atoms with Crippen LogP contribution in [0.3, 0.4) is 0 Å². The van der Waals surface area contributed by atoms with Crippen LogP contribution in [0.2, 0.25) is 0 Å². The zero-order valence-electron chi connectivity index (χ0n) is 16.0. The van der Waals surface area contributed by atoms with Crippen molar-refractivity contribution in [3.05, 3.63) is 64.0 Å². The lowest BCUT2D eigenvalue weighted by Gasteiger charge is -2.18. The van der Waals surface area contributed by atoms with Crippen LogP contribution in [0, 0.1) is 13.8 Å². The van der Waals surface area contributed by atoms with E-state index in [1.807, 2.05) is 63.2 Å². The molecule has 1 heterocycles. The molecule has 1 aromatic heterocycles. The van der Waals surface area contributed by atoms with Crippen LogP contribution >= 0.6 is 15.9 Å². The molecule has 0 fully saturated rings. The van der Waals surface area contributed by atoms with Crippen molar-refractivity contribution in [1.82, 2.24) is 15.5 Å². The highest BCUT2D eigenvalue weighted by molar-refractivity contribution is 9.10. The highest BCUT2D eigenvalue weighted by Gasteiger charge is 2.20. The average Bonchev–Trinajstić information content (AvgIpc) is 3.15. The number of hydrogen-bond acceptors (Lipinski definition) is 5. The van der Waals surface area contributed by atoms with Crippen molar-refractivity contribution in [2.24, 2.45) is 0 Å². The highest BCUT2D eigenvalue weighted by Crippen LogP contribution is 2.22. The van der Waals surface area contributed by atoms with E-state index in [0.29, 0.717) is 23.9 Å². The minimum absolute atomic E-state index is 0.145. The molecule has 0 radical (unpaired) electrons. The highest BCUT2D eigenvalue weighted by atomic mass is 79.9. The summed E-state index contributed by atoms with van der Waals surface area (Å²) in [6.07, 6.45) is -0.0411. The quantitative estimate of drug-likeness (QED) is 0.577. The number of halogens is 1. The average molecular weight is 444 g/mol. The van der Waals surface area contributed by atoms with Crippen molar-refractivity contribution in [2.45, 2.75) is 39.8 Å². The number of benzene rings is 2. The molecule has 0 bridgehead atoms. The molecule has 146 valence electrons. The minimum Gasteiger partial charge on any atom is -0.480 e. The molecule has 0 unspecified atom stereocenters. The van der Waals surface area contributed by atoms with Crippen molar-refractivity contribution in [1.29, 1.82) is 0 Å². The third kappa shape index (κ3) is 4.98. The number of ether oxygens (including phenoxy) is 1. The Hall–Kier alpha value is -2.67. The summed E-state index contributed by atoms with van der Waals surface area (Å²) in [7, 11) is 0. The number of nitrogens with one attached hydrogen (secondary N) is 1. The van der Waals surface area contributed by atoms with Gasteiger partial charge in [0.15, 0.2) is 6.10 Å². The van der Waals surface area contributed by atoms with Gasteiger partial charge in [0.1, 0.15) is 5.75 Å². The molecule has 7 heteroatoms. The van der Waals surface area contributed by atoms with Gasteiger partial charge >= 0.3 is 0 Å². The van der Waals surface area contributed by atoms with Crippen LogP contribution < -0.4 is 10.1 Å². The van der Waals surface area contributed by atoms with Gasteiger partial charge in [-0.2, -0.15) is 4.98 Å². The van der Waals surface area contributed by atoms with Crippen LogP contribution in [0.5, 0.6) is 5.75 Å². The molecule has 0 spiro atoms. The Morgan fingerprint density at radius 1 is 1.25 bits per heavy atom. The molecule has 1 N–H and O–H groups in total. The van der Waals surface area contributed by atoms with E-state index in [0.717, 1.165) is 21.2 Å². The fourth-order valence-corrected chi connectivity index (χ4v) is 3.15. The summed E-state index contributed by atoms with van der Waals surface area (Å²) in [5.74, 6) is 1.31. The molecule has 1 atom stereocenters. The maximum Gasteiger partial charge on any atom is 0.261 e. The standard InChI is InChI=1S/C21H22BrN3O3/c1-4-17(27-18-9-8-13(2)10-14(18)3)21(26)23-12-19-24-20(25-28-19)15-6-5-7-16(22)11-15/h5-11,17H,4,12H2,1-3H3,(H,23,26)/t17-/m1/s1. The van der Waals surface area contributed by atoms with Crippen LogP contribution in [-0.4, -0.2) is 22.2 Å². The molecule has 6 nitrogen and oxygen atoms in total. The number of carbonyl (C=O) groups is 1. The normalized spacial score (nSPS) is 11.9. The van der Waals surface area contributed by atoms with Gasteiger partial charge in [-0.15, -0.1) is 0 Å². The molecule has 3 rings (SSSR count). The maximum absolute atomic E-state index is 12.5. The summed E-state index contributed by atoms with van der Waals surface area (Å²) in [5, 5.41) is 6.78. The fraction of sp³-hybridized carbons (Fsp3) is 0.286. The summed E-state index contributed by atoms with van der Waals surface area (Å²) in [5.41, 5.74) is 2.99. The summed E-state index contributed by atoms with van der Waals surface area (Å²) >= 11 is 3.42. The van der Waals surface area contributed by atoms with Crippen LogP contribution in [0.25, 0.3) is 11.4 Å². The van der Waals surface area contributed by atoms with Crippen LogP contribution in [0.15, 0.2) is 51.5 Å². The van der Waals surface area contributed by atoms with Crippen LogP contribution in [0.1, 0.15) is 30.4 Å². The van der Waals surface area contributed by atoms with Gasteiger partial charge in [-0.25, -0.2) is 0 Å². The summed E-state index contributed by atoms with van der Waals surface area (Å²) in [6.45, 7) is 6.04. The number of aryl methyl sites for hydroxylation is 2. The molecule has 0 aliphatic heterocycles. The van der Waals surface area contributed by atoms with Crippen molar-refractivity contribution in [2.75, 3.05) is 0 Å². The lowest BCUT2D eigenvalue weighted by atomic mass is 10.1. The van der Waals surface area contributed by atoms with Gasteiger partial charge in [-0.1, -0.05) is 57.8 Å². The van der Waals surface area contributed by atoms with E-state index < -0.39 is 6.10 Å². The molecule has 2 aromatic carbocycles. The molecule has 1 amide bonds. The van der Waals surface area contributed by atoms with Gasteiger partial charge in [0.25, 0.3) is 5.91 Å². The first kappa shape index (κ1) is 20.1. The minimum atomic E-state index is -0.589. The van der Waals surface area contributed by atoms with E-state index in [4.69, 9.17) is 9.26 Å². The van der Waals surface area contributed by atoms with Crippen molar-refractivity contribution < 1.29 is 14.1 Å². The summed E-state index contributed by atoms with van der Waals surface area (Å²) in [6, 6.07) is 13.5. The van der Waals surface area contributed by atoms with E-state index in [2.05, 4.69) is 31.4 Å². The Kier molecular flexibility index (Phi) is 6.46. The predicted octanol–water partition coefficient (Wildman–Crippen LogP) is 4.59. The van der Waals surface area contributed by atoms with Crippen molar-refractivity contribution in [3.63, 3.8) is 0 Å². The third-order valence-corrected chi connectivity index (χ3v) is 4.72. The first-order valence-corrected chi connectivity index (χ1v) is 9.85. The predicted molar refractivity (Wildman–Crippen MR) is 110 cm³/mol. The SMILES string of the molecule is CC[C@@H](Oc1ccc(C)cc1C)C(=O)NCc1nc(-c2cccc(Br)c2)no1. The number of amides is 1. The van der Waals surface area contributed by atoms with E-state index in [1.54, 1.807) is 0 Å². The largest absolute Gasteiger partial charge is 0.480 e. The van der Waals surface area contributed by atoms with Gasteiger partial charge in [0, 0.05) is 10.0 Å². The first-order valence-electron chi connectivity index (χ1n) is 9.06. The summed E-state index contributed by atoms with van der Waals surface area (Å²) in [4.78, 5) is 16.9. The summed E-state index contributed by atoms with van der Waals surface area (Å²) < 4.78 is 12.1. The Bertz CT molecular complexity index is 971. The van der Waals surface area contributed by atoms with Crippen LogP contribution in [-0.2, 0) is 11.3 Å². The number of aromatic nitrogens is 2.